The van der Waals surface area contributed by atoms with Gasteiger partial charge >= 0.3 is 23.9 Å². The van der Waals surface area contributed by atoms with Gasteiger partial charge in [0.05, 0.1) is 25.6 Å². The van der Waals surface area contributed by atoms with Crippen LogP contribution in [0.3, 0.4) is 0 Å². The highest BCUT2D eigenvalue weighted by Gasteiger charge is 2.51. The standard InChI is InChI=1S/C14H22O8/c1-5-10(12(17)22-9(4)15)14(19,13(18)21-7-3)8-11(16)20-6-2/h10,19H,5-8H2,1-4H3/t10-,14+/m1/s1. The molecule has 0 saturated carbocycles. The highest BCUT2D eigenvalue weighted by molar-refractivity contribution is 5.94. The molecule has 0 aromatic heterocycles. The second-order valence-electron chi connectivity index (χ2n) is 4.50. The average molecular weight is 318 g/mol. The molecule has 8 heteroatoms. The van der Waals surface area contributed by atoms with Gasteiger partial charge in [-0.25, -0.2) is 4.79 Å². The third-order valence-electron chi connectivity index (χ3n) is 2.86. The Morgan fingerprint density at radius 3 is 2.00 bits per heavy atom. The van der Waals surface area contributed by atoms with Gasteiger partial charge in [-0.1, -0.05) is 6.92 Å². The molecule has 2 atom stereocenters. The summed E-state index contributed by atoms with van der Waals surface area (Å²) in [5, 5.41) is 10.6. The Morgan fingerprint density at radius 2 is 1.59 bits per heavy atom. The quantitative estimate of drug-likeness (QED) is 0.387. The number of rotatable bonds is 8. The number of carbonyl (C=O) groups is 4. The van der Waals surface area contributed by atoms with E-state index in [4.69, 9.17) is 9.47 Å². The summed E-state index contributed by atoms with van der Waals surface area (Å²) in [5.41, 5.74) is -2.45. The van der Waals surface area contributed by atoms with Crippen LogP contribution in [0.2, 0.25) is 0 Å². The molecular formula is C14H22O8. The average Bonchev–Trinajstić information content (AvgIpc) is 2.38. The molecule has 0 aliphatic rings. The first-order valence-corrected chi connectivity index (χ1v) is 7.00. The van der Waals surface area contributed by atoms with Crippen LogP contribution in [0.1, 0.15) is 40.5 Å². The number of esters is 4. The maximum absolute atomic E-state index is 12.0. The highest BCUT2D eigenvalue weighted by atomic mass is 16.6. The van der Waals surface area contributed by atoms with Gasteiger partial charge in [0.25, 0.3) is 0 Å². The van der Waals surface area contributed by atoms with Crippen molar-refractivity contribution in [1.82, 2.24) is 0 Å². The Hall–Kier alpha value is -1.96. The van der Waals surface area contributed by atoms with Gasteiger partial charge in [-0.2, -0.15) is 0 Å². The van der Waals surface area contributed by atoms with Gasteiger partial charge in [-0.15, -0.1) is 0 Å². The maximum atomic E-state index is 12.0. The molecule has 0 spiro atoms. The number of aliphatic hydroxyl groups is 1. The lowest BCUT2D eigenvalue weighted by Gasteiger charge is -2.30. The van der Waals surface area contributed by atoms with E-state index >= 15 is 0 Å². The van der Waals surface area contributed by atoms with Gasteiger partial charge in [0, 0.05) is 6.92 Å². The maximum Gasteiger partial charge on any atom is 0.339 e. The van der Waals surface area contributed by atoms with Gasteiger partial charge in [-0.05, 0) is 20.3 Å². The zero-order valence-electron chi connectivity index (χ0n) is 13.2. The fraction of sp³-hybridized carbons (Fsp3) is 0.714. The van der Waals surface area contributed by atoms with Crippen molar-refractivity contribution in [3.05, 3.63) is 0 Å². The van der Waals surface area contributed by atoms with E-state index < -0.39 is 41.8 Å². The lowest BCUT2D eigenvalue weighted by molar-refractivity contribution is -0.187. The van der Waals surface area contributed by atoms with E-state index in [0.717, 1.165) is 6.92 Å². The van der Waals surface area contributed by atoms with Crippen LogP contribution in [0.15, 0.2) is 0 Å². The predicted molar refractivity (Wildman–Crippen MR) is 73.4 cm³/mol. The molecule has 22 heavy (non-hydrogen) atoms. The van der Waals surface area contributed by atoms with Crippen LogP contribution >= 0.6 is 0 Å². The molecule has 0 fully saturated rings. The van der Waals surface area contributed by atoms with E-state index in [2.05, 4.69) is 4.74 Å². The lowest BCUT2D eigenvalue weighted by Crippen LogP contribution is -2.52. The first-order chi connectivity index (χ1) is 10.2. The molecule has 0 aromatic rings. The molecule has 0 radical (unpaired) electrons. The number of hydrogen-bond acceptors (Lipinski definition) is 8. The lowest BCUT2D eigenvalue weighted by atomic mass is 9.82. The minimum Gasteiger partial charge on any atom is -0.466 e. The van der Waals surface area contributed by atoms with Crippen molar-refractivity contribution in [2.75, 3.05) is 13.2 Å². The van der Waals surface area contributed by atoms with Crippen molar-refractivity contribution >= 4 is 23.9 Å². The van der Waals surface area contributed by atoms with Crippen molar-refractivity contribution in [2.45, 2.75) is 46.1 Å². The fourth-order valence-electron chi connectivity index (χ4n) is 1.94. The van der Waals surface area contributed by atoms with Gasteiger partial charge in [0.15, 0.2) is 5.60 Å². The summed E-state index contributed by atoms with van der Waals surface area (Å²) < 4.78 is 13.9. The smallest absolute Gasteiger partial charge is 0.339 e. The molecule has 0 heterocycles. The molecule has 0 aromatic carbocycles. The largest absolute Gasteiger partial charge is 0.466 e. The summed E-state index contributed by atoms with van der Waals surface area (Å²) in [6.45, 7) is 5.58. The van der Waals surface area contributed by atoms with Crippen LogP contribution in [-0.2, 0) is 33.4 Å². The zero-order valence-corrected chi connectivity index (χ0v) is 13.2. The van der Waals surface area contributed by atoms with E-state index in [0.29, 0.717) is 0 Å². The van der Waals surface area contributed by atoms with E-state index in [9.17, 15) is 24.3 Å². The second-order valence-corrected chi connectivity index (χ2v) is 4.50. The summed E-state index contributed by atoms with van der Waals surface area (Å²) in [6, 6.07) is 0. The molecule has 0 bridgehead atoms. The number of carbonyl (C=O) groups excluding carboxylic acids is 4. The van der Waals surface area contributed by atoms with Crippen LogP contribution in [0.4, 0.5) is 0 Å². The summed E-state index contributed by atoms with van der Waals surface area (Å²) in [6.07, 6.45) is -0.813. The Balaban J connectivity index is 5.49. The van der Waals surface area contributed by atoms with E-state index in [1.807, 2.05) is 0 Å². The van der Waals surface area contributed by atoms with E-state index in [1.165, 1.54) is 13.8 Å². The van der Waals surface area contributed by atoms with Crippen molar-refractivity contribution in [2.24, 2.45) is 5.92 Å². The van der Waals surface area contributed by atoms with Crippen LogP contribution in [0.5, 0.6) is 0 Å². The Kier molecular flexibility index (Phi) is 8.32. The minimum atomic E-state index is -2.45. The van der Waals surface area contributed by atoms with Crippen LogP contribution in [0.25, 0.3) is 0 Å². The van der Waals surface area contributed by atoms with Gasteiger partial charge in [0.2, 0.25) is 0 Å². The summed E-state index contributed by atoms with van der Waals surface area (Å²) in [5.74, 6) is -5.43. The SMILES string of the molecule is CCOC(=O)C[C@@](O)(C(=O)OCC)[C@H](CC)C(=O)OC(C)=O. The third kappa shape index (κ3) is 5.44. The minimum absolute atomic E-state index is 0.0408. The highest BCUT2D eigenvalue weighted by Crippen LogP contribution is 2.28. The molecule has 0 saturated heterocycles. The first-order valence-electron chi connectivity index (χ1n) is 7.00. The molecule has 0 aliphatic heterocycles. The molecule has 0 aliphatic carbocycles. The van der Waals surface area contributed by atoms with Crippen LogP contribution in [-0.4, -0.2) is 47.8 Å². The molecule has 0 rings (SSSR count). The molecule has 1 N–H and O–H groups in total. The number of hydrogen-bond donors (Lipinski definition) is 1. The Labute approximate surface area is 128 Å². The fourth-order valence-corrected chi connectivity index (χ4v) is 1.94. The number of ether oxygens (including phenoxy) is 3. The second kappa shape index (κ2) is 9.14. The summed E-state index contributed by atoms with van der Waals surface area (Å²) in [7, 11) is 0. The summed E-state index contributed by atoms with van der Waals surface area (Å²) >= 11 is 0. The van der Waals surface area contributed by atoms with Crippen molar-refractivity contribution < 1.29 is 38.5 Å². The van der Waals surface area contributed by atoms with Crippen LogP contribution in [0, 0.1) is 5.92 Å². The van der Waals surface area contributed by atoms with E-state index in [-0.39, 0.29) is 19.6 Å². The van der Waals surface area contributed by atoms with Crippen molar-refractivity contribution in [3.63, 3.8) is 0 Å². The molecular weight excluding hydrogens is 296 g/mol. The predicted octanol–water partition coefficient (Wildman–Crippen LogP) is 0.350. The van der Waals surface area contributed by atoms with Gasteiger partial charge in [0.1, 0.15) is 0 Å². The van der Waals surface area contributed by atoms with E-state index in [1.54, 1.807) is 6.92 Å². The first kappa shape index (κ1) is 20.0. The van der Waals surface area contributed by atoms with Crippen LogP contribution < -0.4 is 0 Å². The zero-order chi connectivity index (χ0) is 17.3. The monoisotopic (exact) mass is 318 g/mol. The van der Waals surface area contributed by atoms with Gasteiger partial charge < -0.3 is 19.3 Å². The molecule has 0 amide bonds. The Bertz CT molecular complexity index is 431. The molecule has 0 unspecified atom stereocenters. The normalized spacial score (nSPS) is 14.4. The third-order valence-corrected chi connectivity index (χ3v) is 2.86. The van der Waals surface area contributed by atoms with Crippen molar-refractivity contribution in [1.29, 1.82) is 0 Å². The molecule has 126 valence electrons. The Morgan fingerprint density at radius 1 is 1.05 bits per heavy atom. The topological polar surface area (TPSA) is 116 Å². The van der Waals surface area contributed by atoms with Gasteiger partial charge in [-0.3, -0.25) is 14.4 Å². The summed E-state index contributed by atoms with van der Waals surface area (Å²) in [4.78, 5) is 46.5. The van der Waals surface area contributed by atoms with Crippen molar-refractivity contribution in [3.8, 4) is 0 Å². The molecule has 8 nitrogen and oxygen atoms in total.